The molecular weight excluding hydrogens is 438 g/mol. The van der Waals surface area contributed by atoms with Crippen LogP contribution < -0.4 is 15.1 Å². The first-order valence-electron chi connectivity index (χ1n) is 11.4. The maximum absolute atomic E-state index is 13.6. The minimum atomic E-state index is -0.409. The summed E-state index contributed by atoms with van der Waals surface area (Å²) in [6.07, 6.45) is 3.50. The average Bonchev–Trinajstić information content (AvgIpc) is 3.36. The van der Waals surface area contributed by atoms with Crippen LogP contribution in [0, 0.1) is 0 Å². The lowest BCUT2D eigenvalue weighted by atomic mass is 10.1. The normalized spacial score (nSPS) is 15.3. The standard InChI is InChI=1S/C27H23N7O/c1-18-26(35)34(22-10-6-3-7-11-22)24-16-28-27(30-21-12-13-23-20(14-21)15-29-32-23)31-25(24)33(18)17-19-8-4-2-5-9-19/h2-16,18H,17H2,1H3,(H,29,32)(H,28,30,31)/t18-/m1/s1. The summed E-state index contributed by atoms with van der Waals surface area (Å²) in [5.41, 5.74) is 4.37. The highest BCUT2D eigenvalue weighted by Gasteiger charge is 2.38. The van der Waals surface area contributed by atoms with Gasteiger partial charge in [-0.25, -0.2) is 4.98 Å². The van der Waals surface area contributed by atoms with Gasteiger partial charge >= 0.3 is 0 Å². The molecule has 8 nitrogen and oxygen atoms in total. The molecule has 0 spiro atoms. The third-order valence-electron chi connectivity index (χ3n) is 6.21. The van der Waals surface area contributed by atoms with Crippen LogP contribution in [0.5, 0.6) is 0 Å². The highest BCUT2D eigenvalue weighted by molar-refractivity contribution is 6.09. The molecule has 35 heavy (non-hydrogen) atoms. The van der Waals surface area contributed by atoms with Crippen LogP contribution in [0.3, 0.4) is 0 Å². The van der Waals surface area contributed by atoms with Crippen LogP contribution >= 0.6 is 0 Å². The van der Waals surface area contributed by atoms with E-state index in [1.54, 1.807) is 17.3 Å². The van der Waals surface area contributed by atoms with Crippen molar-refractivity contribution in [1.29, 1.82) is 0 Å². The van der Waals surface area contributed by atoms with Crippen molar-refractivity contribution in [3.05, 3.63) is 96.8 Å². The number of hydrogen-bond acceptors (Lipinski definition) is 6. The highest BCUT2D eigenvalue weighted by Crippen LogP contribution is 2.40. The van der Waals surface area contributed by atoms with Crippen LogP contribution in [0.25, 0.3) is 10.9 Å². The van der Waals surface area contributed by atoms with Crippen LogP contribution in [-0.2, 0) is 11.3 Å². The average molecular weight is 462 g/mol. The molecule has 5 aromatic rings. The molecule has 1 aliphatic rings. The molecule has 0 unspecified atom stereocenters. The highest BCUT2D eigenvalue weighted by atomic mass is 16.2. The van der Waals surface area contributed by atoms with E-state index in [-0.39, 0.29) is 5.91 Å². The van der Waals surface area contributed by atoms with Crippen LogP contribution in [0.1, 0.15) is 12.5 Å². The molecule has 172 valence electrons. The quantitative estimate of drug-likeness (QED) is 0.375. The Kier molecular flexibility index (Phi) is 5.11. The van der Waals surface area contributed by atoms with Gasteiger partial charge in [-0.1, -0.05) is 48.5 Å². The van der Waals surface area contributed by atoms with E-state index < -0.39 is 6.04 Å². The zero-order valence-corrected chi connectivity index (χ0v) is 19.1. The van der Waals surface area contributed by atoms with Crippen molar-refractivity contribution in [3.63, 3.8) is 0 Å². The number of nitrogens with zero attached hydrogens (tertiary/aromatic N) is 5. The summed E-state index contributed by atoms with van der Waals surface area (Å²) in [6.45, 7) is 2.48. The predicted octanol–water partition coefficient (Wildman–Crippen LogP) is 5.17. The summed E-state index contributed by atoms with van der Waals surface area (Å²) in [6, 6.07) is 25.2. The summed E-state index contributed by atoms with van der Waals surface area (Å²) in [5.74, 6) is 1.14. The zero-order chi connectivity index (χ0) is 23.8. The lowest BCUT2D eigenvalue weighted by Crippen LogP contribution is -2.50. The van der Waals surface area contributed by atoms with Gasteiger partial charge in [0.1, 0.15) is 11.7 Å². The Morgan fingerprint density at radius 1 is 0.971 bits per heavy atom. The van der Waals surface area contributed by atoms with Crippen molar-refractivity contribution < 1.29 is 4.79 Å². The van der Waals surface area contributed by atoms with Gasteiger partial charge in [-0.05, 0) is 42.8 Å². The van der Waals surface area contributed by atoms with E-state index in [9.17, 15) is 4.79 Å². The molecule has 0 saturated carbocycles. The maximum atomic E-state index is 13.6. The Bertz CT molecular complexity index is 1500. The smallest absolute Gasteiger partial charge is 0.254 e. The number of carbonyl (C=O) groups excluding carboxylic acids is 1. The number of carbonyl (C=O) groups is 1. The van der Waals surface area contributed by atoms with E-state index in [1.807, 2.05) is 78.6 Å². The zero-order valence-electron chi connectivity index (χ0n) is 19.1. The predicted molar refractivity (Wildman–Crippen MR) is 137 cm³/mol. The third kappa shape index (κ3) is 3.85. The molecule has 3 heterocycles. The molecule has 0 fully saturated rings. The van der Waals surface area contributed by atoms with Crippen molar-refractivity contribution in [2.75, 3.05) is 15.1 Å². The summed E-state index contributed by atoms with van der Waals surface area (Å²) in [7, 11) is 0. The summed E-state index contributed by atoms with van der Waals surface area (Å²) >= 11 is 0. The Balaban J connectivity index is 1.43. The molecule has 1 atom stereocenters. The van der Waals surface area contributed by atoms with E-state index >= 15 is 0 Å². The number of fused-ring (bicyclic) bond motifs is 2. The maximum Gasteiger partial charge on any atom is 0.254 e. The lowest BCUT2D eigenvalue weighted by molar-refractivity contribution is -0.119. The fourth-order valence-electron chi connectivity index (χ4n) is 4.40. The molecule has 1 aliphatic heterocycles. The van der Waals surface area contributed by atoms with Crippen molar-refractivity contribution in [1.82, 2.24) is 20.2 Å². The van der Waals surface area contributed by atoms with Gasteiger partial charge in [-0.2, -0.15) is 10.1 Å². The summed E-state index contributed by atoms with van der Waals surface area (Å²) in [4.78, 5) is 26.8. The Morgan fingerprint density at radius 3 is 2.54 bits per heavy atom. The first kappa shape index (κ1) is 20.9. The molecule has 0 radical (unpaired) electrons. The number of para-hydroxylation sites is 1. The number of aromatic nitrogens is 4. The summed E-state index contributed by atoms with van der Waals surface area (Å²) < 4.78 is 0. The second-order valence-corrected chi connectivity index (χ2v) is 8.50. The van der Waals surface area contributed by atoms with Crippen LogP contribution in [-0.4, -0.2) is 32.1 Å². The van der Waals surface area contributed by atoms with Gasteiger partial charge < -0.3 is 10.2 Å². The largest absolute Gasteiger partial charge is 0.339 e. The molecule has 3 aromatic carbocycles. The minimum absolute atomic E-state index is 0.0191. The van der Waals surface area contributed by atoms with Crippen LogP contribution in [0.15, 0.2) is 91.3 Å². The Labute approximate surface area is 202 Å². The van der Waals surface area contributed by atoms with Crippen molar-refractivity contribution in [3.8, 4) is 0 Å². The second-order valence-electron chi connectivity index (χ2n) is 8.50. The SMILES string of the molecule is C[C@@H]1C(=O)N(c2ccccc2)c2cnc(Nc3ccc4[nH]ncc4c3)nc2N1Cc1ccccc1. The van der Waals surface area contributed by atoms with Crippen LogP contribution in [0.2, 0.25) is 0 Å². The fourth-order valence-corrected chi connectivity index (χ4v) is 4.40. The molecule has 0 aliphatic carbocycles. The number of H-pyrrole nitrogens is 1. The van der Waals surface area contributed by atoms with Gasteiger partial charge in [-0.15, -0.1) is 0 Å². The minimum Gasteiger partial charge on any atom is -0.339 e. The number of benzene rings is 3. The monoisotopic (exact) mass is 461 g/mol. The molecule has 2 aromatic heterocycles. The molecule has 8 heteroatoms. The van der Waals surface area contributed by atoms with E-state index in [0.717, 1.165) is 27.8 Å². The summed E-state index contributed by atoms with van der Waals surface area (Å²) in [5, 5.41) is 11.3. The van der Waals surface area contributed by atoms with Gasteiger partial charge in [0.05, 0.1) is 17.9 Å². The van der Waals surface area contributed by atoms with Gasteiger partial charge in [0.15, 0.2) is 5.82 Å². The number of anilines is 5. The van der Waals surface area contributed by atoms with E-state index in [0.29, 0.717) is 24.0 Å². The molecule has 1 amide bonds. The number of nitrogens with one attached hydrogen (secondary N) is 2. The third-order valence-corrected chi connectivity index (χ3v) is 6.21. The molecule has 0 saturated heterocycles. The van der Waals surface area contributed by atoms with Crippen LogP contribution in [0.4, 0.5) is 28.8 Å². The van der Waals surface area contributed by atoms with Gasteiger partial charge in [0.2, 0.25) is 5.95 Å². The van der Waals surface area contributed by atoms with Crippen molar-refractivity contribution in [2.24, 2.45) is 0 Å². The molecular formula is C27H23N7O. The number of aromatic amines is 1. The molecule has 6 rings (SSSR count). The molecule has 0 bridgehead atoms. The number of rotatable bonds is 5. The number of amides is 1. The van der Waals surface area contributed by atoms with E-state index in [2.05, 4.69) is 32.6 Å². The van der Waals surface area contributed by atoms with Gasteiger partial charge in [0.25, 0.3) is 5.91 Å². The molecule has 2 N–H and O–H groups in total. The fraction of sp³-hybridized carbons (Fsp3) is 0.111. The van der Waals surface area contributed by atoms with E-state index in [1.165, 1.54) is 0 Å². The Hall–Kier alpha value is -4.72. The second kappa shape index (κ2) is 8.57. The van der Waals surface area contributed by atoms with Gasteiger partial charge in [0, 0.05) is 23.3 Å². The van der Waals surface area contributed by atoms with Gasteiger partial charge in [-0.3, -0.25) is 14.8 Å². The first-order chi connectivity index (χ1) is 17.2. The van der Waals surface area contributed by atoms with E-state index in [4.69, 9.17) is 4.98 Å². The first-order valence-corrected chi connectivity index (χ1v) is 11.4. The van der Waals surface area contributed by atoms with Crippen molar-refractivity contribution >= 4 is 45.6 Å². The number of hydrogen-bond donors (Lipinski definition) is 2. The van der Waals surface area contributed by atoms with Crippen molar-refractivity contribution in [2.45, 2.75) is 19.5 Å². The Morgan fingerprint density at radius 2 is 1.74 bits per heavy atom. The topological polar surface area (TPSA) is 90.0 Å². The lowest BCUT2D eigenvalue weighted by Gasteiger charge is -2.40.